The van der Waals surface area contributed by atoms with Gasteiger partial charge in [0.25, 0.3) is 5.69 Å². The molecule has 1 aromatic carbocycles. The fraction of sp³-hybridized carbons (Fsp3) is 0.167. The number of aromatic nitrogens is 2. The summed E-state index contributed by atoms with van der Waals surface area (Å²) in [5.74, 6) is -0.561. The smallest absolute Gasteiger partial charge is 0.337 e. The van der Waals surface area contributed by atoms with Crippen LogP contribution in [0.25, 0.3) is 0 Å². The first kappa shape index (κ1) is 13.5. The van der Waals surface area contributed by atoms with E-state index in [-0.39, 0.29) is 16.9 Å². The van der Waals surface area contributed by atoms with Gasteiger partial charge in [0.1, 0.15) is 5.69 Å². The normalized spacial score (nSPS) is 10.1. The molecule has 104 valence electrons. The van der Waals surface area contributed by atoms with Crippen LogP contribution in [0.15, 0.2) is 30.6 Å². The number of nitro groups is 1. The van der Waals surface area contributed by atoms with Gasteiger partial charge in [-0.1, -0.05) is 0 Å². The van der Waals surface area contributed by atoms with Crippen molar-refractivity contribution in [1.29, 1.82) is 0 Å². The van der Waals surface area contributed by atoms with Crippen molar-refractivity contribution in [3.8, 4) is 0 Å². The number of methoxy groups -OCH3 is 1. The zero-order chi connectivity index (χ0) is 14.7. The van der Waals surface area contributed by atoms with Crippen molar-refractivity contribution in [2.75, 3.05) is 12.4 Å². The Morgan fingerprint density at radius 1 is 1.50 bits per heavy atom. The van der Waals surface area contributed by atoms with Crippen molar-refractivity contribution in [2.24, 2.45) is 7.05 Å². The summed E-state index contributed by atoms with van der Waals surface area (Å²) < 4.78 is 6.15. The number of rotatable bonds is 4. The second-order valence-corrected chi connectivity index (χ2v) is 4.01. The van der Waals surface area contributed by atoms with Gasteiger partial charge in [0.2, 0.25) is 0 Å². The van der Waals surface area contributed by atoms with Crippen LogP contribution < -0.4 is 5.32 Å². The molecule has 2 aromatic rings. The summed E-state index contributed by atoms with van der Waals surface area (Å²) in [6, 6.07) is 3.97. The first-order chi connectivity index (χ1) is 9.51. The number of nitrogens with zero attached hydrogens (tertiary/aromatic N) is 3. The van der Waals surface area contributed by atoms with E-state index in [0.717, 1.165) is 0 Å². The second-order valence-electron chi connectivity index (χ2n) is 4.01. The van der Waals surface area contributed by atoms with Gasteiger partial charge in [-0.2, -0.15) is 5.10 Å². The molecule has 2 rings (SSSR count). The van der Waals surface area contributed by atoms with E-state index in [1.807, 2.05) is 0 Å². The van der Waals surface area contributed by atoms with Crippen molar-refractivity contribution >= 4 is 23.0 Å². The fourth-order valence-corrected chi connectivity index (χ4v) is 1.68. The van der Waals surface area contributed by atoms with E-state index in [2.05, 4.69) is 15.2 Å². The molecule has 1 aromatic heterocycles. The van der Waals surface area contributed by atoms with Crippen LogP contribution in [0.2, 0.25) is 0 Å². The first-order valence-corrected chi connectivity index (χ1v) is 5.63. The Labute approximate surface area is 114 Å². The lowest BCUT2D eigenvalue weighted by atomic mass is 10.1. The Bertz CT molecular complexity index is 665. The van der Waals surface area contributed by atoms with Crippen LogP contribution >= 0.6 is 0 Å². The summed E-state index contributed by atoms with van der Waals surface area (Å²) in [5.41, 5.74) is 0.870. The predicted octanol–water partition coefficient (Wildman–Crippen LogP) is 1.86. The maximum atomic E-state index is 11.5. The van der Waals surface area contributed by atoms with Crippen LogP contribution in [0.5, 0.6) is 0 Å². The third-order valence-electron chi connectivity index (χ3n) is 2.60. The van der Waals surface area contributed by atoms with E-state index < -0.39 is 10.9 Å². The van der Waals surface area contributed by atoms with Crippen LogP contribution in [-0.2, 0) is 11.8 Å². The van der Waals surface area contributed by atoms with E-state index in [4.69, 9.17) is 0 Å². The number of nitro benzene ring substituents is 1. The van der Waals surface area contributed by atoms with Crippen molar-refractivity contribution in [3.05, 3.63) is 46.3 Å². The zero-order valence-corrected chi connectivity index (χ0v) is 10.9. The molecule has 0 spiro atoms. The lowest BCUT2D eigenvalue weighted by Gasteiger charge is -2.06. The molecule has 1 heterocycles. The summed E-state index contributed by atoms with van der Waals surface area (Å²) in [4.78, 5) is 21.9. The Kier molecular flexibility index (Phi) is 3.65. The minimum absolute atomic E-state index is 0.137. The molecule has 0 amide bonds. The molecule has 8 heteroatoms. The third kappa shape index (κ3) is 2.74. The van der Waals surface area contributed by atoms with Gasteiger partial charge in [0.15, 0.2) is 0 Å². The Morgan fingerprint density at radius 3 is 2.80 bits per heavy atom. The van der Waals surface area contributed by atoms with E-state index >= 15 is 0 Å². The summed E-state index contributed by atoms with van der Waals surface area (Å²) in [6.07, 6.45) is 3.18. The molecule has 0 radical (unpaired) electrons. The summed E-state index contributed by atoms with van der Waals surface area (Å²) in [7, 11) is 2.97. The molecule has 8 nitrogen and oxygen atoms in total. The highest BCUT2D eigenvalue weighted by molar-refractivity contribution is 5.92. The number of carbonyl (C=O) groups is 1. The van der Waals surface area contributed by atoms with E-state index in [9.17, 15) is 14.9 Å². The number of ether oxygens (including phenoxy) is 1. The van der Waals surface area contributed by atoms with Crippen LogP contribution in [0.3, 0.4) is 0 Å². The summed E-state index contributed by atoms with van der Waals surface area (Å²) >= 11 is 0. The van der Waals surface area contributed by atoms with E-state index in [0.29, 0.717) is 5.69 Å². The van der Waals surface area contributed by atoms with Crippen LogP contribution in [0.1, 0.15) is 10.4 Å². The highest BCUT2D eigenvalue weighted by Gasteiger charge is 2.17. The summed E-state index contributed by atoms with van der Waals surface area (Å²) in [5, 5.41) is 17.8. The lowest BCUT2D eigenvalue weighted by Crippen LogP contribution is -2.04. The van der Waals surface area contributed by atoms with Gasteiger partial charge in [-0.3, -0.25) is 14.8 Å². The highest BCUT2D eigenvalue weighted by atomic mass is 16.6. The number of esters is 1. The average molecular weight is 276 g/mol. The van der Waals surface area contributed by atoms with Gasteiger partial charge in [-0.25, -0.2) is 4.79 Å². The van der Waals surface area contributed by atoms with Crippen LogP contribution in [-0.4, -0.2) is 27.8 Å². The Hall–Kier alpha value is -2.90. The molecule has 0 fully saturated rings. The minimum atomic E-state index is -0.561. The summed E-state index contributed by atoms with van der Waals surface area (Å²) in [6.45, 7) is 0. The Morgan fingerprint density at radius 2 is 2.25 bits per heavy atom. The standard InChI is InChI=1S/C12H12N4O4/c1-15-7-9(6-13-15)14-10-5-8(12(17)20-2)3-4-11(10)16(18)19/h3-7,14H,1-2H3. The molecular weight excluding hydrogens is 264 g/mol. The first-order valence-electron chi connectivity index (χ1n) is 5.63. The van der Waals surface area contributed by atoms with Crippen molar-refractivity contribution in [3.63, 3.8) is 0 Å². The third-order valence-corrected chi connectivity index (χ3v) is 2.60. The molecule has 0 saturated carbocycles. The number of nitrogens with one attached hydrogen (secondary N) is 1. The molecule has 0 aliphatic heterocycles. The van der Waals surface area contributed by atoms with Crippen molar-refractivity contribution in [2.45, 2.75) is 0 Å². The largest absolute Gasteiger partial charge is 0.465 e. The molecular formula is C12H12N4O4. The number of anilines is 2. The maximum Gasteiger partial charge on any atom is 0.337 e. The van der Waals surface area contributed by atoms with Gasteiger partial charge in [-0.15, -0.1) is 0 Å². The topological polar surface area (TPSA) is 99.3 Å². The second kappa shape index (κ2) is 5.39. The Balaban J connectivity index is 2.41. The number of benzene rings is 1. The fourth-order valence-electron chi connectivity index (χ4n) is 1.68. The molecule has 1 N–H and O–H groups in total. The zero-order valence-electron chi connectivity index (χ0n) is 10.9. The molecule has 0 aliphatic carbocycles. The van der Waals surface area contributed by atoms with Crippen LogP contribution in [0, 0.1) is 10.1 Å². The number of carbonyl (C=O) groups excluding carboxylic acids is 1. The number of hydrogen-bond acceptors (Lipinski definition) is 6. The molecule has 0 unspecified atom stereocenters. The van der Waals surface area contributed by atoms with Gasteiger partial charge in [-0.05, 0) is 12.1 Å². The van der Waals surface area contributed by atoms with Crippen molar-refractivity contribution < 1.29 is 14.5 Å². The average Bonchev–Trinajstić information content (AvgIpc) is 2.82. The monoisotopic (exact) mass is 276 g/mol. The van der Waals surface area contributed by atoms with Gasteiger partial charge < -0.3 is 10.1 Å². The number of hydrogen-bond donors (Lipinski definition) is 1. The van der Waals surface area contributed by atoms with E-state index in [1.54, 1.807) is 17.9 Å². The lowest BCUT2D eigenvalue weighted by molar-refractivity contribution is -0.383. The highest BCUT2D eigenvalue weighted by Crippen LogP contribution is 2.28. The molecule has 0 saturated heterocycles. The van der Waals surface area contributed by atoms with Crippen molar-refractivity contribution in [1.82, 2.24) is 9.78 Å². The maximum absolute atomic E-state index is 11.5. The van der Waals surface area contributed by atoms with Gasteiger partial charge in [0.05, 0.1) is 29.5 Å². The molecule has 20 heavy (non-hydrogen) atoms. The molecule has 0 atom stereocenters. The quantitative estimate of drug-likeness (QED) is 0.519. The minimum Gasteiger partial charge on any atom is -0.465 e. The van der Waals surface area contributed by atoms with Gasteiger partial charge in [0, 0.05) is 19.3 Å². The SMILES string of the molecule is COC(=O)c1ccc([N+](=O)[O-])c(Nc2cnn(C)c2)c1. The van der Waals surface area contributed by atoms with Gasteiger partial charge >= 0.3 is 5.97 Å². The molecule has 0 aliphatic rings. The van der Waals surface area contributed by atoms with E-state index in [1.165, 1.54) is 31.5 Å². The molecule has 0 bridgehead atoms. The predicted molar refractivity (Wildman–Crippen MR) is 70.9 cm³/mol. The number of aryl methyl sites for hydroxylation is 1. The van der Waals surface area contributed by atoms with Crippen LogP contribution in [0.4, 0.5) is 17.1 Å².